The minimum Gasteiger partial charge on any atom is -0.308 e. The maximum Gasteiger partial charge on any atom is 0.401 e. The van der Waals surface area contributed by atoms with Gasteiger partial charge in [-0.25, -0.2) is 8.78 Å². The summed E-state index contributed by atoms with van der Waals surface area (Å²) >= 11 is 0.967. The van der Waals surface area contributed by atoms with Crippen molar-refractivity contribution >= 4 is 11.8 Å². The zero-order chi connectivity index (χ0) is 12.9. The van der Waals surface area contributed by atoms with E-state index in [0.717, 1.165) is 30.0 Å². The van der Waals surface area contributed by atoms with Gasteiger partial charge < -0.3 is 5.32 Å². The Labute approximate surface area is 99.4 Å². The molecule has 0 amide bonds. The van der Waals surface area contributed by atoms with Crippen LogP contribution in [0.4, 0.5) is 22.0 Å². The summed E-state index contributed by atoms with van der Waals surface area (Å²) in [6.07, 6.45) is -4.26. The number of benzene rings is 1. The molecule has 0 spiro atoms. The molecular formula is C10H10F5NS. The molecule has 0 radical (unpaired) electrons. The largest absolute Gasteiger partial charge is 0.401 e. The van der Waals surface area contributed by atoms with Crippen LogP contribution in [-0.2, 0) is 0 Å². The van der Waals surface area contributed by atoms with E-state index in [9.17, 15) is 22.0 Å². The predicted octanol–water partition coefficient (Wildman–Crippen LogP) is 3.21. The van der Waals surface area contributed by atoms with Gasteiger partial charge in [0.2, 0.25) is 0 Å². The van der Waals surface area contributed by atoms with Gasteiger partial charge in [0.05, 0.1) is 6.54 Å². The highest BCUT2D eigenvalue weighted by Crippen LogP contribution is 2.22. The molecule has 0 saturated carbocycles. The van der Waals surface area contributed by atoms with Crippen molar-refractivity contribution in [1.29, 1.82) is 0 Å². The normalized spacial score (nSPS) is 11.8. The van der Waals surface area contributed by atoms with Gasteiger partial charge in [0.25, 0.3) is 0 Å². The molecule has 0 fully saturated rings. The summed E-state index contributed by atoms with van der Waals surface area (Å²) in [4.78, 5) is 0.0961. The molecule has 96 valence electrons. The van der Waals surface area contributed by atoms with Crippen molar-refractivity contribution in [3.63, 3.8) is 0 Å². The van der Waals surface area contributed by atoms with Crippen molar-refractivity contribution in [2.24, 2.45) is 0 Å². The molecule has 0 aromatic heterocycles. The fraction of sp³-hybridized carbons (Fsp3) is 0.400. The van der Waals surface area contributed by atoms with E-state index in [2.05, 4.69) is 5.32 Å². The average Bonchev–Trinajstić information content (AvgIpc) is 2.21. The van der Waals surface area contributed by atoms with Gasteiger partial charge in [0.15, 0.2) is 0 Å². The van der Waals surface area contributed by atoms with Crippen LogP contribution in [0.2, 0.25) is 0 Å². The van der Waals surface area contributed by atoms with Crippen molar-refractivity contribution in [2.45, 2.75) is 11.1 Å². The maximum atomic E-state index is 13.1. The third-order valence-corrected chi connectivity index (χ3v) is 2.79. The second kappa shape index (κ2) is 6.20. The van der Waals surface area contributed by atoms with Crippen molar-refractivity contribution in [1.82, 2.24) is 5.32 Å². The van der Waals surface area contributed by atoms with Crippen molar-refractivity contribution < 1.29 is 22.0 Å². The van der Waals surface area contributed by atoms with Gasteiger partial charge in [-0.2, -0.15) is 13.2 Å². The molecule has 1 aromatic carbocycles. The first-order valence-corrected chi connectivity index (χ1v) is 5.72. The van der Waals surface area contributed by atoms with Gasteiger partial charge in [-0.05, 0) is 18.2 Å². The molecule has 1 aromatic rings. The third kappa shape index (κ3) is 5.88. The van der Waals surface area contributed by atoms with Crippen molar-refractivity contribution in [2.75, 3.05) is 18.8 Å². The monoisotopic (exact) mass is 271 g/mol. The fourth-order valence-electron chi connectivity index (χ4n) is 1.05. The van der Waals surface area contributed by atoms with E-state index >= 15 is 0 Å². The molecule has 0 aliphatic rings. The Morgan fingerprint density at radius 1 is 1.18 bits per heavy atom. The van der Waals surface area contributed by atoms with E-state index in [4.69, 9.17) is 0 Å². The first-order chi connectivity index (χ1) is 7.88. The fourth-order valence-corrected chi connectivity index (χ4v) is 1.92. The highest BCUT2D eigenvalue weighted by Gasteiger charge is 2.25. The van der Waals surface area contributed by atoms with Gasteiger partial charge in [0, 0.05) is 17.2 Å². The summed E-state index contributed by atoms with van der Waals surface area (Å²) in [5.74, 6) is -0.916. The molecule has 0 unspecified atom stereocenters. The predicted molar refractivity (Wildman–Crippen MR) is 56.0 cm³/mol. The summed E-state index contributed by atoms with van der Waals surface area (Å²) in [5, 5.41) is 2.17. The van der Waals surface area contributed by atoms with Crippen LogP contribution in [0, 0.1) is 11.6 Å². The van der Waals surface area contributed by atoms with Gasteiger partial charge in [-0.3, -0.25) is 0 Å². The minimum atomic E-state index is -4.26. The smallest absolute Gasteiger partial charge is 0.308 e. The van der Waals surface area contributed by atoms with Crippen LogP contribution >= 0.6 is 11.8 Å². The molecule has 7 heteroatoms. The molecule has 0 atom stereocenters. The van der Waals surface area contributed by atoms with Crippen LogP contribution in [0.1, 0.15) is 0 Å². The van der Waals surface area contributed by atoms with Crippen LogP contribution in [0.5, 0.6) is 0 Å². The van der Waals surface area contributed by atoms with Crippen LogP contribution in [0.25, 0.3) is 0 Å². The number of nitrogens with one attached hydrogen (secondary N) is 1. The van der Waals surface area contributed by atoms with Crippen LogP contribution < -0.4 is 5.32 Å². The SMILES string of the molecule is Fc1ccc(F)c(SCCNCC(F)(F)F)c1. The number of hydrogen-bond acceptors (Lipinski definition) is 2. The van der Waals surface area contributed by atoms with E-state index < -0.39 is 24.4 Å². The number of hydrogen-bond donors (Lipinski definition) is 1. The van der Waals surface area contributed by atoms with Gasteiger partial charge in [0.1, 0.15) is 11.6 Å². The molecule has 1 N–H and O–H groups in total. The minimum absolute atomic E-state index is 0.0696. The second-order valence-corrected chi connectivity index (χ2v) is 4.35. The summed E-state index contributed by atoms with van der Waals surface area (Å²) in [7, 11) is 0. The van der Waals surface area contributed by atoms with Crippen LogP contribution in [0.3, 0.4) is 0 Å². The summed E-state index contributed by atoms with van der Waals surface area (Å²) in [5.41, 5.74) is 0. The zero-order valence-corrected chi connectivity index (χ0v) is 9.47. The van der Waals surface area contributed by atoms with Gasteiger partial charge in [-0.15, -0.1) is 11.8 Å². The molecule has 0 saturated heterocycles. The average molecular weight is 271 g/mol. The molecule has 17 heavy (non-hydrogen) atoms. The lowest BCUT2D eigenvalue weighted by atomic mass is 10.3. The number of thioether (sulfide) groups is 1. The molecule has 0 bridgehead atoms. The van der Waals surface area contributed by atoms with E-state index in [0.29, 0.717) is 0 Å². The van der Waals surface area contributed by atoms with Crippen molar-refractivity contribution in [3.8, 4) is 0 Å². The molecular weight excluding hydrogens is 261 g/mol. The Morgan fingerprint density at radius 3 is 2.53 bits per heavy atom. The van der Waals surface area contributed by atoms with E-state index in [1.165, 1.54) is 0 Å². The Hall–Kier alpha value is -0.820. The molecule has 0 aliphatic heterocycles. The van der Waals surface area contributed by atoms with Crippen LogP contribution in [0.15, 0.2) is 23.1 Å². The standard InChI is InChI=1S/C10H10F5NS/c11-7-1-2-8(12)9(5-7)17-4-3-16-6-10(13,14)15/h1-2,5,16H,3-4,6H2. The second-order valence-electron chi connectivity index (χ2n) is 3.22. The third-order valence-electron chi connectivity index (χ3n) is 1.76. The zero-order valence-electron chi connectivity index (χ0n) is 8.65. The van der Waals surface area contributed by atoms with Crippen LogP contribution in [-0.4, -0.2) is 25.0 Å². The first-order valence-electron chi connectivity index (χ1n) is 4.74. The summed E-state index contributed by atoms with van der Waals surface area (Å²) < 4.78 is 61.0. The van der Waals surface area contributed by atoms with Gasteiger partial charge in [-0.1, -0.05) is 0 Å². The lowest BCUT2D eigenvalue weighted by Crippen LogP contribution is -2.30. The van der Waals surface area contributed by atoms with E-state index in [1.54, 1.807) is 0 Å². The lowest BCUT2D eigenvalue weighted by Gasteiger charge is -2.08. The molecule has 1 rings (SSSR count). The summed E-state index contributed by atoms with van der Waals surface area (Å²) in [6, 6.07) is 2.99. The molecule has 0 heterocycles. The number of alkyl halides is 3. The van der Waals surface area contributed by atoms with E-state index in [1.807, 2.05) is 0 Å². The van der Waals surface area contributed by atoms with Gasteiger partial charge >= 0.3 is 6.18 Å². The highest BCUT2D eigenvalue weighted by molar-refractivity contribution is 7.99. The first kappa shape index (κ1) is 14.2. The number of halogens is 5. The summed E-state index contributed by atoms with van der Waals surface area (Å²) in [6.45, 7) is -1.01. The number of rotatable bonds is 5. The van der Waals surface area contributed by atoms with Crippen molar-refractivity contribution in [3.05, 3.63) is 29.8 Å². The maximum absolute atomic E-state index is 13.1. The molecule has 0 aliphatic carbocycles. The Kier molecular flexibility index (Phi) is 5.20. The Morgan fingerprint density at radius 2 is 1.88 bits per heavy atom. The Bertz CT molecular complexity index is 366. The quantitative estimate of drug-likeness (QED) is 0.501. The van der Waals surface area contributed by atoms with E-state index in [-0.39, 0.29) is 17.2 Å². The topological polar surface area (TPSA) is 12.0 Å². The lowest BCUT2D eigenvalue weighted by molar-refractivity contribution is -0.124. The molecule has 1 nitrogen and oxygen atoms in total. The highest BCUT2D eigenvalue weighted by atomic mass is 32.2. The Balaban J connectivity index is 2.29.